The van der Waals surface area contributed by atoms with Gasteiger partial charge in [-0.05, 0) is 45.1 Å². The molecule has 2 atom stereocenters. The molecule has 0 amide bonds. The molecule has 0 unspecified atom stereocenters. The van der Waals surface area contributed by atoms with Gasteiger partial charge in [-0.15, -0.1) is 0 Å². The van der Waals surface area contributed by atoms with Crippen molar-refractivity contribution in [1.29, 1.82) is 0 Å². The van der Waals surface area contributed by atoms with Crippen LogP contribution >= 0.6 is 0 Å². The van der Waals surface area contributed by atoms with Crippen molar-refractivity contribution >= 4 is 0 Å². The van der Waals surface area contributed by atoms with Gasteiger partial charge in [0.2, 0.25) is 0 Å². The number of aryl methyl sites for hydroxylation is 1. The van der Waals surface area contributed by atoms with Gasteiger partial charge >= 0.3 is 0 Å². The third-order valence-electron chi connectivity index (χ3n) is 4.73. The standard InChI is InChI=1S/C18H26N4O/c1-14-5-4-6-16(7-14)22-11-15(9-19-22)10-21-12-17(20(2)3)8-18(21)13-23/h4-7,9,11,17-18,23H,8,10,12-13H2,1-3H3/t17-,18+/m1/s1. The summed E-state index contributed by atoms with van der Waals surface area (Å²) in [6, 6.07) is 9.09. The van der Waals surface area contributed by atoms with Crippen LogP contribution in [0.4, 0.5) is 0 Å². The second-order valence-corrected chi connectivity index (χ2v) is 6.75. The van der Waals surface area contributed by atoms with Gasteiger partial charge < -0.3 is 10.0 Å². The quantitative estimate of drug-likeness (QED) is 0.912. The molecule has 2 heterocycles. The normalized spacial score (nSPS) is 22.1. The molecular weight excluding hydrogens is 288 g/mol. The number of likely N-dealkylation sites (N-methyl/N-ethyl adjacent to an activating group) is 1. The summed E-state index contributed by atoms with van der Waals surface area (Å²) < 4.78 is 1.93. The molecule has 0 spiro atoms. The van der Waals surface area contributed by atoms with Gasteiger partial charge in [0.05, 0.1) is 18.5 Å². The first-order valence-electron chi connectivity index (χ1n) is 8.18. The molecule has 0 saturated carbocycles. The number of aliphatic hydroxyl groups is 1. The molecule has 0 bridgehead atoms. The Hall–Kier alpha value is -1.69. The summed E-state index contributed by atoms with van der Waals surface area (Å²) in [5.74, 6) is 0. The van der Waals surface area contributed by atoms with Crippen LogP contribution in [0.25, 0.3) is 5.69 Å². The van der Waals surface area contributed by atoms with Crippen molar-refractivity contribution in [1.82, 2.24) is 19.6 Å². The Morgan fingerprint density at radius 3 is 2.87 bits per heavy atom. The van der Waals surface area contributed by atoms with E-state index < -0.39 is 0 Å². The Balaban J connectivity index is 1.71. The fraction of sp³-hybridized carbons (Fsp3) is 0.500. The maximum atomic E-state index is 9.65. The molecule has 0 radical (unpaired) electrons. The molecule has 1 aliphatic heterocycles. The number of hydrogen-bond acceptors (Lipinski definition) is 4. The van der Waals surface area contributed by atoms with E-state index in [1.807, 2.05) is 10.9 Å². The molecule has 1 aromatic carbocycles. The van der Waals surface area contributed by atoms with E-state index >= 15 is 0 Å². The Bertz CT molecular complexity index is 652. The van der Waals surface area contributed by atoms with Gasteiger partial charge in [-0.25, -0.2) is 4.68 Å². The maximum Gasteiger partial charge on any atom is 0.0648 e. The molecular formula is C18H26N4O. The van der Waals surface area contributed by atoms with Crippen molar-refractivity contribution in [3.05, 3.63) is 47.8 Å². The van der Waals surface area contributed by atoms with Gasteiger partial charge in [-0.1, -0.05) is 12.1 Å². The van der Waals surface area contributed by atoms with Crippen molar-refractivity contribution in [2.45, 2.75) is 32.0 Å². The molecule has 3 rings (SSSR count). The number of hydrogen-bond donors (Lipinski definition) is 1. The molecule has 1 fully saturated rings. The van der Waals surface area contributed by atoms with Gasteiger partial charge in [0, 0.05) is 36.9 Å². The summed E-state index contributed by atoms with van der Waals surface area (Å²) in [4.78, 5) is 4.61. The van der Waals surface area contributed by atoms with E-state index in [0.29, 0.717) is 6.04 Å². The SMILES string of the molecule is Cc1cccc(-n2cc(CN3C[C@H](N(C)C)C[C@H]3CO)cn2)c1. The second kappa shape index (κ2) is 6.83. The van der Waals surface area contributed by atoms with E-state index in [1.165, 1.54) is 11.1 Å². The monoisotopic (exact) mass is 314 g/mol. The Morgan fingerprint density at radius 1 is 1.35 bits per heavy atom. The predicted octanol–water partition coefficient (Wildman–Crippen LogP) is 1.68. The smallest absolute Gasteiger partial charge is 0.0648 e. The summed E-state index contributed by atoms with van der Waals surface area (Å²) in [6.07, 6.45) is 5.04. The molecule has 1 saturated heterocycles. The van der Waals surface area contributed by atoms with E-state index in [9.17, 15) is 5.11 Å². The first kappa shape index (κ1) is 16.2. The lowest BCUT2D eigenvalue weighted by atomic mass is 10.1. The summed E-state index contributed by atoms with van der Waals surface area (Å²) in [5, 5.41) is 14.1. The second-order valence-electron chi connectivity index (χ2n) is 6.75. The Kier molecular flexibility index (Phi) is 4.80. The van der Waals surface area contributed by atoms with Crippen LogP contribution in [-0.4, -0.2) is 64.0 Å². The van der Waals surface area contributed by atoms with Crippen molar-refractivity contribution in [2.24, 2.45) is 0 Å². The third-order valence-corrected chi connectivity index (χ3v) is 4.73. The maximum absolute atomic E-state index is 9.65. The first-order valence-corrected chi connectivity index (χ1v) is 8.18. The van der Waals surface area contributed by atoms with Crippen molar-refractivity contribution in [2.75, 3.05) is 27.2 Å². The minimum atomic E-state index is 0.219. The van der Waals surface area contributed by atoms with Crippen LogP contribution in [0.5, 0.6) is 0 Å². The highest BCUT2D eigenvalue weighted by atomic mass is 16.3. The summed E-state index contributed by atoms with van der Waals surface area (Å²) >= 11 is 0. The van der Waals surface area contributed by atoms with Gasteiger partial charge in [0.1, 0.15) is 0 Å². The van der Waals surface area contributed by atoms with Crippen molar-refractivity contribution < 1.29 is 5.11 Å². The van der Waals surface area contributed by atoms with E-state index in [2.05, 4.69) is 66.4 Å². The zero-order valence-corrected chi connectivity index (χ0v) is 14.2. The van der Waals surface area contributed by atoms with Gasteiger partial charge in [-0.3, -0.25) is 4.90 Å². The lowest BCUT2D eigenvalue weighted by Crippen LogP contribution is -2.33. The Morgan fingerprint density at radius 2 is 2.17 bits per heavy atom. The summed E-state index contributed by atoms with van der Waals surface area (Å²) in [7, 11) is 4.22. The van der Waals surface area contributed by atoms with Crippen molar-refractivity contribution in [3.63, 3.8) is 0 Å². The lowest BCUT2D eigenvalue weighted by Gasteiger charge is -2.22. The van der Waals surface area contributed by atoms with Crippen LogP contribution in [0.3, 0.4) is 0 Å². The van der Waals surface area contributed by atoms with Crippen LogP contribution in [0, 0.1) is 6.92 Å². The first-order chi connectivity index (χ1) is 11.1. The minimum Gasteiger partial charge on any atom is -0.395 e. The highest BCUT2D eigenvalue weighted by Gasteiger charge is 2.32. The highest BCUT2D eigenvalue weighted by molar-refractivity contribution is 5.35. The number of aromatic nitrogens is 2. The molecule has 0 aliphatic carbocycles. The van der Waals surface area contributed by atoms with Gasteiger partial charge in [0.15, 0.2) is 0 Å². The average Bonchev–Trinajstić information content (AvgIpc) is 3.14. The lowest BCUT2D eigenvalue weighted by molar-refractivity contribution is 0.153. The summed E-state index contributed by atoms with van der Waals surface area (Å²) in [6.45, 7) is 4.14. The van der Waals surface area contributed by atoms with Crippen LogP contribution in [0.2, 0.25) is 0 Å². The number of aliphatic hydroxyl groups excluding tert-OH is 1. The van der Waals surface area contributed by atoms with Crippen molar-refractivity contribution in [3.8, 4) is 5.69 Å². The molecule has 124 valence electrons. The van der Waals surface area contributed by atoms with Crippen LogP contribution < -0.4 is 0 Å². The largest absolute Gasteiger partial charge is 0.395 e. The van der Waals surface area contributed by atoms with Crippen LogP contribution in [0.15, 0.2) is 36.7 Å². The molecule has 23 heavy (non-hydrogen) atoms. The average molecular weight is 314 g/mol. The number of likely N-dealkylation sites (tertiary alicyclic amines) is 1. The molecule has 2 aromatic rings. The molecule has 5 nitrogen and oxygen atoms in total. The van der Waals surface area contributed by atoms with Gasteiger partial charge in [0.25, 0.3) is 0 Å². The fourth-order valence-corrected chi connectivity index (χ4v) is 3.30. The zero-order valence-electron chi connectivity index (χ0n) is 14.2. The zero-order chi connectivity index (χ0) is 16.4. The highest BCUT2D eigenvalue weighted by Crippen LogP contribution is 2.23. The van der Waals surface area contributed by atoms with Gasteiger partial charge in [-0.2, -0.15) is 5.10 Å². The van der Waals surface area contributed by atoms with E-state index in [0.717, 1.165) is 25.2 Å². The fourth-order valence-electron chi connectivity index (χ4n) is 3.30. The number of nitrogens with zero attached hydrogens (tertiary/aromatic N) is 4. The topological polar surface area (TPSA) is 44.5 Å². The minimum absolute atomic E-state index is 0.219. The molecule has 1 N–H and O–H groups in total. The van der Waals surface area contributed by atoms with E-state index in [4.69, 9.17) is 0 Å². The molecule has 1 aliphatic rings. The number of rotatable bonds is 5. The molecule has 5 heteroatoms. The van der Waals surface area contributed by atoms with E-state index in [-0.39, 0.29) is 12.6 Å². The predicted molar refractivity (Wildman–Crippen MR) is 91.7 cm³/mol. The molecule has 1 aromatic heterocycles. The van der Waals surface area contributed by atoms with Crippen LogP contribution in [-0.2, 0) is 6.54 Å². The Labute approximate surface area is 138 Å². The summed E-state index contributed by atoms with van der Waals surface area (Å²) in [5.41, 5.74) is 3.50. The number of benzene rings is 1. The van der Waals surface area contributed by atoms with E-state index in [1.54, 1.807) is 0 Å². The third kappa shape index (κ3) is 3.63. The van der Waals surface area contributed by atoms with Crippen LogP contribution in [0.1, 0.15) is 17.5 Å².